The molecule has 1 aliphatic rings. The monoisotopic (exact) mass is 493 g/mol. The Kier molecular flexibility index (Phi) is 6.04. The van der Waals surface area contributed by atoms with E-state index in [-0.39, 0.29) is 18.4 Å². The Labute approximate surface area is 209 Å². The van der Waals surface area contributed by atoms with Crippen LogP contribution in [0.2, 0.25) is 0 Å². The summed E-state index contributed by atoms with van der Waals surface area (Å²) < 4.78 is 30.2. The largest absolute Gasteiger partial charge is 0.467 e. The van der Waals surface area contributed by atoms with Gasteiger partial charge in [-0.1, -0.05) is 5.21 Å². The molecule has 0 saturated carbocycles. The molecule has 1 aliphatic heterocycles. The molecule has 2 atom stereocenters. The van der Waals surface area contributed by atoms with Crippen LogP contribution in [0.25, 0.3) is 28.0 Å². The minimum atomic E-state index is -1.08. The predicted octanol–water partition coefficient (Wildman–Crippen LogP) is 4.40. The lowest BCUT2D eigenvalue weighted by Crippen LogP contribution is -2.64. The van der Waals surface area contributed by atoms with Gasteiger partial charge in [-0.25, -0.2) is 9.07 Å². The number of nitrogens with zero attached hydrogens (tertiary/aromatic N) is 6. The van der Waals surface area contributed by atoms with E-state index < -0.39 is 11.7 Å². The molecular formula is C26H32FN7O2. The summed E-state index contributed by atoms with van der Waals surface area (Å²) in [5.74, 6) is 0.585. The van der Waals surface area contributed by atoms with Crippen LogP contribution >= 0.6 is 0 Å². The molecule has 1 fully saturated rings. The van der Waals surface area contributed by atoms with Crippen LogP contribution in [-0.2, 0) is 4.74 Å². The van der Waals surface area contributed by atoms with Gasteiger partial charge in [0.1, 0.15) is 11.9 Å². The van der Waals surface area contributed by atoms with Crippen LogP contribution in [0.5, 0.6) is 5.75 Å². The number of benzene rings is 1. The van der Waals surface area contributed by atoms with E-state index in [4.69, 9.17) is 9.47 Å². The molecular weight excluding hydrogens is 461 g/mol. The zero-order valence-corrected chi connectivity index (χ0v) is 21.5. The first-order chi connectivity index (χ1) is 17.1. The normalized spacial score (nSPS) is 21.1. The highest BCUT2D eigenvalue weighted by Crippen LogP contribution is 2.40. The molecule has 4 heterocycles. The Morgan fingerprint density at radius 2 is 1.92 bits per heavy atom. The summed E-state index contributed by atoms with van der Waals surface area (Å²) in [5, 5.41) is 21.6. The van der Waals surface area contributed by atoms with E-state index in [1.54, 1.807) is 11.8 Å². The fourth-order valence-electron chi connectivity index (χ4n) is 5.27. The smallest absolute Gasteiger partial charge is 0.188 e. The number of hydrogen-bond acceptors (Lipinski definition) is 7. The van der Waals surface area contributed by atoms with Crippen molar-refractivity contribution < 1.29 is 13.9 Å². The molecule has 9 nitrogen and oxygen atoms in total. The highest BCUT2D eigenvalue weighted by molar-refractivity contribution is 5.82. The summed E-state index contributed by atoms with van der Waals surface area (Å²) in [6.07, 6.45) is 3.31. The summed E-state index contributed by atoms with van der Waals surface area (Å²) in [7, 11) is 1.57. The second-order valence-electron chi connectivity index (χ2n) is 10.7. The van der Waals surface area contributed by atoms with Crippen LogP contribution in [0.4, 0.5) is 4.39 Å². The van der Waals surface area contributed by atoms with Crippen molar-refractivity contribution in [2.75, 3.05) is 13.9 Å². The highest BCUT2D eigenvalue weighted by atomic mass is 19.1. The van der Waals surface area contributed by atoms with E-state index in [9.17, 15) is 0 Å². The van der Waals surface area contributed by atoms with Crippen LogP contribution in [0.3, 0.4) is 0 Å². The number of methoxy groups -OCH3 is 1. The molecule has 5 rings (SSSR count). The number of fused-ring (bicyclic) bond motifs is 1. The van der Waals surface area contributed by atoms with Crippen LogP contribution in [-0.4, -0.2) is 60.9 Å². The lowest BCUT2D eigenvalue weighted by Gasteiger charge is -2.49. The first kappa shape index (κ1) is 24.3. The lowest BCUT2D eigenvalue weighted by molar-refractivity contribution is 0.0313. The zero-order chi connectivity index (χ0) is 25.7. The third-order valence-electron chi connectivity index (χ3n) is 6.67. The van der Waals surface area contributed by atoms with E-state index in [2.05, 4.69) is 39.7 Å². The number of halogens is 1. The van der Waals surface area contributed by atoms with Gasteiger partial charge in [0.25, 0.3) is 0 Å². The standard InChI is InChI=1S/C26H32FN7O2/c1-16-14-34(32-28-16)18-7-8-19(22(12-18)36-15-35-6)20-11-17-9-10-33(24(17)30-29-20)21-13-25(2,3)31-26(4,5)23(21)27/h7-12,14,21,23,31H,13,15H2,1-6H3/t21-,23-/m0/s1. The van der Waals surface area contributed by atoms with Gasteiger partial charge in [-0.15, -0.1) is 15.3 Å². The lowest BCUT2D eigenvalue weighted by atomic mass is 9.78. The number of alkyl halides is 1. The Bertz CT molecular complexity index is 1390. The zero-order valence-electron chi connectivity index (χ0n) is 21.5. The third kappa shape index (κ3) is 4.46. The number of ether oxygens (including phenoxy) is 2. The molecule has 190 valence electrons. The Morgan fingerprint density at radius 3 is 2.64 bits per heavy atom. The van der Waals surface area contributed by atoms with Crippen molar-refractivity contribution in [2.45, 2.75) is 64.3 Å². The third-order valence-corrected chi connectivity index (χ3v) is 6.67. The predicted molar refractivity (Wildman–Crippen MR) is 135 cm³/mol. The maximum absolute atomic E-state index is 15.6. The minimum Gasteiger partial charge on any atom is -0.467 e. The van der Waals surface area contributed by atoms with E-state index in [0.29, 0.717) is 23.5 Å². The van der Waals surface area contributed by atoms with Gasteiger partial charge in [0.15, 0.2) is 12.4 Å². The molecule has 10 heteroatoms. The van der Waals surface area contributed by atoms with E-state index in [1.807, 2.05) is 68.1 Å². The number of rotatable bonds is 6. The molecule has 0 bridgehead atoms. The van der Waals surface area contributed by atoms with Crippen molar-refractivity contribution in [3.8, 4) is 22.7 Å². The molecule has 1 saturated heterocycles. The Hall–Kier alpha value is -3.37. The molecule has 1 N–H and O–H groups in total. The van der Waals surface area contributed by atoms with Gasteiger partial charge >= 0.3 is 0 Å². The van der Waals surface area contributed by atoms with E-state index in [1.165, 1.54) is 0 Å². The molecule has 0 amide bonds. The Balaban J connectivity index is 1.53. The van der Waals surface area contributed by atoms with Crippen molar-refractivity contribution in [3.05, 3.63) is 48.4 Å². The fourth-order valence-corrected chi connectivity index (χ4v) is 5.27. The van der Waals surface area contributed by atoms with Gasteiger partial charge in [0.05, 0.1) is 29.3 Å². The van der Waals surface area contributed by atoms with Gasteiger partial charge in [-0.3, -0.25) is 0 Å². The highest BCUT2D eigenvalue weighted by Gasteiger charge is 2.47. The van der Waals surface area contributed by atoms with Crippen molar-refractivity contribution in [1.29, 1.82) is 0 Å². The van der Waals surface area contributed by atoms with Crippen LogP contribution in [0.1, 0.15) is 45.9 Å². The molecule has 0 unspecified atom stereocenters. The van der Waals surface area contributed by atoms with Crippen molar-refractivity contribution >= 4 is 11.0 Å². The molecule has 0 radical (unpaired) electrons. The minimum absolute atomic E-state index is 0.0814. The topological polar surface area (TPSA) is 91.9 Å². The summed E-state index contributed by atoms with van der Waals surface area (Å²) in [6, 6.07) is 9.28. The van der Waals surface area contributed by atoms with Crippen molar-refractivity contribution in [1.82, 2.24) is 35.1 Å². The number of aryl methyl sites for hydroxylation is 1. The molecule has 0 aliphatic carbocycles. The van der Waals surface area contributed by atoms with E-state index >= 15 is 4.39 Å². The molecule has 1 aromatic carbocycles. The van der Waals surface area contributed by atoms with Gasteiger partial charge in [-0.2, -0.15) is 0 Å². The average Bonchev–Trinajstić information content (AvgIpc) is 3.45. The first-order valence-corrected chi connectivity index (χ1v) is 12.0. The fraction of sp³-hybridized carbons (Fsp3) is 0.462. The second kappa shape index (κ2) is 8.94. The first-order valence-electron chi connectivity index (χ1n) is 12.0. The van der Waals surface area contributed by atoms with Gasteiger partial charge in [-0.05, 0) is 65.3 Å². The van der Waals surface area contributed by atoms with Crippen molar-refractivity contribution in [2.24, 2.45) is 0 Å². The summed E-state index contributed by atoms with van der Waals surface area (Å²) in [4.78, 5) is 0. The summed E-state index contributed by atoms with van der Waals surface area (Å²) in [6.45, 7) is 10.00. The number of hydrogen-bond donors (Lipinski definition) is 1. The van der Waals surface area contributed by atoms with Crippen LogP contribution < -0.4 is 10.1 Å². The number of nitrogens with one attached hydrogen (secondary N) is 1. The van der Waals surface area contributed by atoms with Crippen LogP contribution in [0, 0.1) is 6.92 Å². The summed E-state index contributed by atoms with van der Waals surface area (Å²) >= 11 is 0. The SMILES string of the molecule is COCOc1cc(-n2cc(C)nn2)ccc1-c1cc2ccn([C@H]3CC(C)(C)NC(C)(C)[C@H]3F)c2nn1. The number of aromatic nitrogens is 6. The maximum atomic E-state index is 15.6. The van der Waals surface area contributed by atoms with Crippen LogP contribution in [0.15, 0.2) is 42.7 Å². The quantitative estimate of drug-likeness (QED) is 0.398. The van der Waals surface area contributed by atoms with Gasteiger partial charge < -0.3 is 19.4 Å². The molecule has 0 spiro atoms. The maximum Gasteiger partial charge on any atom is 0.188 e. The average molecular weight is 494 g/mol. The van der Waals surface area contributed by atoms with E-state index in [0.717, 1.165) is 22.3 Å². The van der Waals surface area contributed by atoms with Gasteiger partial charge in [0, 0.05) is 41.4 Å². The Morgan fingerprint density at radius 1 is 1.11 bits per heavy atom. The second-order valence-corrected chi connectivity index (χ2v) is 10.7. The molecule has 3 aromatic heterocycles. The molecule has 4 aromatic rings. The number of piperidine rings is 1. The molecule has 36 heavy (non-hydrogen) atoms. The van der Waals surface area contributed by atoms with Gasteiger partial charge in [0.2, 0.25) is 0 Å². The summed E-state index contributed by atoms with van der Waals surface area (Å²) in [5.41, 5.74) is 2.82. The van der Waals surface area contributed by atoms with Crippen molar-refractivity contribution in [3.63, 3.8) is 0 Å².